The first kappa shape index (κ1) is 17.0. The number of hydrogen-bond acceptors (Lipinski definition) is 4. The highest BCUT2D eigenvalue weighted by molar-refractivity contribution is 6.03. The predicted octanol–water partition coefficient (Wildman–Crippen LogP) is 2.03. The lowest BCUT2D eigenvalue weighted by Gasteiger charge is -2.26. The fourth-order valence-electron chi connectivity index (χ4n) is 3.50. The Hall–Kier alpha value is -2.83. The zero-order valence-corrected chi connectivity index (χ0v) is 13.7. The number of carbonyl (C=O) groups is 2. The topological polar surface area (TPSA) is 109 Å². The Morgan fingerprint density at radius 3 is 2.52 bits per heavy atom. The van der Waals surface area contributed by atoms with E-state index in [2.05, 4.69) is 5.32 Å². The van der Waals surface area contributed by atoms with Gasteiger partial charge in [-0.1, -0.05) is 31.4 Å². The molecule has 1 aromatic carbocycles. The van der Waals surface area contributed by atoms with Crippen molar-refractivity contribution in [1.82, 2.24) is 9.88 Å². The summed E-state index contributed by atoms with van der Waals surface area (Å²) in [5.41, 5.74) is -0.386. The molecule has 7 nitrogen and oxygen atoms in total. The Kier molecular flexibility index (Phi) is 4.74. The number of aliphatic carboxylic acids is 1. The van der Waals surface area contributed by atoms with Gasteiger partial charge in [0.25, 0.3) is 11.5 Å². The summed E-state index contributed by atoms with van der Waals surface area (Å²) < 4.78 is 1.59. The number of benzene rings is 1. The first-order valence-electron chi connectivity index (χ1n) is 8.37. The fourth-order valence-corrected chi connectivity index (χ4v) is 3.50. The number of amides is 1. The molecule has 0 spiro atoms. The SMILES string of the molecule is O=C(O)CNC(=O)c1c(O)c2ccccc2n(C2CCCCC2)c1=O. The largest absolute Gasteiger partial charge is 0.506 e. The molecule has 1 aliphatic rings. The normalized spacial score (nSPS) is 15.2. The van der Waals surface area contributed by atoms with Crippen molar-refractivity contribution < 1.29 is 19.8 Å². The maximum atomic E-state index is 13.0. The molecular weight excluding hydrogens is 324 g/mol. The van der Waals surface area contributed by atoms with Gasteiger partial charge in [0, 0.05) is 11.4 Å². The van der Waals surface area contributed by atoms with Crippen LogP contribution in [0.3, 0.4) is 0 Å². The molecule has 1 heterocycles. The molecule has 0 atom stereocenters. The number of pyridine rings is 1. The van der Waals surface area contributed by atoms with Crippen molar-refractivity contribution in [3.8, 4) is 5.75 Å². The Balaban J connectivity index is 2.18. The van der Waals surface area contributed by atoms with E-state index in [1.165, 1.54) is 0 Å². The first-order valence-corrected chi connectivity index (χ1v) is 8.37. The summed E-state index contributed by atoms with van der Waals surface area (Å²) in [7, 11) is 0. The summed E-state index contributed by atoms with van der Waals surface area (Å²) >= 11 is 0. The van der Waals surface area contributed by atoms with Gasteiger partial charge in [-0.2, -0.15) is 0 Å². The van der Waals surface area contributed by atoms with Crippen molar-refractivity contribution in [3.05, 3.63) is 40.2 Å². The molecule has 25 heavy (non-hydrogen) atoms. The molecule has 0 unspecified atom stereocenters. The molecule has 0 radical (unpaired) electrons. The van der Waals surface area contributed by atoms with Crippen LogP contribution in [0, 0.1) is 0 Å². The highest BCUT2D eigenvalue weighted by Gasteiger charge is 2.26. The number of nitrogens with one attached hydrogen (secondary N) is 1. The first-order chi connectivity index (χ1) is 12.0. The van der Waals surface area contributed by atoms with Crippen LogP contribution in [0.25, 0.3) is 10.9 Å². The lowest BCUT2D eigenvalue weighted by Crippen LogP contribution is -2.37. The summed E-state index contributed by atoms with van der Waals surface area (Å²) in [6, 6.07) is 6.88. The number of nitrogens with zero attached hydrogens (tertiary/aromatic N) is 1. The average molecular weight is 344 g/mol. The molecule has 1 amide bonds. The van der Waals surface area contributed by atoms with Crippen molar-refractivity contribution in [2.45, 2.75) is 38.1 Å². The van der Waals surface area contributed by atoms with Crippen LogP contribution in [0.2, 0.25) is 0 Å². The van der Waals surface area contributed by atoms with Crippen LogP contribution < -0.4 is 10.9 Å². The molecule has 0 aliphatic heterocycles. The third kappa shape index (κ3) is 3.22. The van der Waals surface area contributed by atoms with E-state index in [0.29, 0.717) is 10.9 Å². The van der Waals surface area contributed by atoms with E-state index in [-0.39, 0.29) is 6.04 Å². The van der Waals surface area contributed by atoms with E-state index >= 15 is 0 Å². The molecule has 132 valence electrons. The van der Waals surface area contributed by atoms with Gasteiger partial charge in [0.1, 0.15) is 17.9 Å². The van der Waals surface area contributed by atoms with Crippen LogP contribution in [-0.4, -0.2) is 33.2 Å². The molecule has 7 heteroatoms. The monoisotopic (exact) mass is 344 g/mol. The number of carbonyl (C=O) groups excluding carboxylic acids is 1. The lowest BCUT2D eigenvalue weighted by molar-refractivity contribution is -0.135. The van der Waals surface area contributed by atoms with Crippen molar-refractivity contribution in [3.63, 3.8) is 0 Å². The molecule has 0 bridgehead atoms. The third-order valence-electron chi connectivity index (χ3n) is 4.66. The van der Waals surface area contributed by atoms with Crippen molar-refractivity contribution in [2.75, 3.05) is 6.54 Å². The second kappa shape index (κ2) is 6.96. The number of carboxylic acid groups (broad SMARTS) is 1. The molecule has 2 aromatic rings. The van der Waals surface area contributed by atoms with Gasteiger partial charge < -0.3 is 20.1 Å². The van der Waals surface area contributed by atoms with Gasteiger partial charge in [-0.25, -0.2) is 0 Å². The number of para-hydroxylation sites is 1. The number of carboxylic acids is 1. The Bertz CT molecular complexity index is 881. The van der Waals surface area contributed by atoms with Gasteiger partial charge in [-0.05, 0) is 25.0 Å². The minimum atomic E-state index is -1.22. The molecule has 1 saturated carbocycles. The van der Waals surface area contributed by atoms with Crippen LogP contribution in [0.1, 0.15) is 48.5 Å². The van der Waals surface area contributed by atoms with Crippen LogP contribution in [-0.2, 0) is 4.79 Å². The van der Waals surface area contributed by atoms with Gasteiger partial charge >= 0.3 is 5.97 Å². The molecule has 3 N–H and O–H groups in total. The molecule has 1 fully saturated rings. The van der Waals surface area contributed by atoms with E-state index in [9.17, 15) is 19.5 Å². The van der Waals surface area contributed by atoms with Gasteiger partial charge in [0.15, 0.2) is 0 Å². The highest BCUT2D eigenvalue weighted by Crippen LogP contribution is 2.33. The molecule has 1 aliphatic carbocycles. The lowest BCUT2D eigenvalue weighted by atomic mass is 9.94. The van der Waals surface area contributed by atoms with Gasteiger partial charge in [0.05, 0.1) is 5.52 Å². The minimum Gasteiger partial charge on any atom is -0.506 e. The predicted molar refractivity (Wildman–Crippen MR) is 92.0 cm³/mol. The summed E-state index contributed by atoms with van der Waals surface area (Å²) in [5, 5.41) is 21.8. The Labute approximate surface area is 143 Å². The number of fused-ring (bicyclic) bond motifs is 1. The van der Waals surface area contributed by atoms with Crippen LogP contribution in [0.5, 0.6) is 5.75 Å². The smallest absolute Gasteiger partial charge is 0.322 e. The quantitative estimate of drug-likeness (QED) is 0.786. The third-order valence-corrected chi connectivity index (χ3v) is 4.66. The summed E-state index contributed by atoms with van der Waals surface area (Å²) in [6.45, 7) is -0.617. The molecule has 0 saturated heterocycles. The summed E-state index contributed by atoms with van der Waals surface area (Å²) in [5.74, 6) is -2.50. The maximum absolute atomic E-state index is 13.0. The van der Waals surface area contributed by atoms with Crippen molar-refractivity contribution in [2.24, 2.45) is 0 Å². The van der Waals surface area contributed by atoms with E-state index in [0.717, 1.165) is 32.1 Å². The fraction of sp³-hybridized carbons (Fsp3) is 0.389. The molecule has 3 rings (SSSR count). The minimum absolute atomic E-state index is 0.0298. The zero-order valence-electron chi connectivity index (χ0n) is 13.7. The van der Waals surface area contributed by atoms with Gasteiger partial charge in [-0.3, -0.25) is 14.4 Å². The van der Waals surface area contributed by atoms with E-state index in [1.807, 2.05) is 0 Å². The number of aromatic hydroxyl groups is 1. The molecular formula is C18H20N2O5. The van der Waals surface area contributed by atoms with E-state index < -0.39 is 35.3 Å². The van der Waals surface area contributed by atoms with Gasteiger partial charge in [0.2, 0.25) is 0 Å². The number of aromatic nitrogens is 1. The number of rotatable bonds is 4. The number of hydrogen-bond donors (Lipinski definition) is 3. The zero-order chi connectivity index (χ0) is 18.0. The summed E-state index contributed by atoms with van der Waals surface area (Å²) in [4.78, 5) is 36.0. The second-order valence-corrected chi connectivity index (χ2v) is 6.28. The highest BCUT2D eigenvalue weighted by atomic mass is 16.4. The van der Waals surface area contributed by atoms with Gasteiger partial charge in [-0.15, -0.1) is 0 Å². The van der Waals surface area contributed by atoms with Crippen LogP contribution in [0.15, 0.2) is 29.1 Å². The second-order valence-electron chi connectivity index (χ2n) is 6.28. The van der Waals surface area contributed by atoms with E-state index in [4.69, 9.17) is 5.11 Å². The Morgan fingerprint density at radius 2 is 1.84 bits per heavy atom. The van der Waals surface area contributed by atoms with Crippen LogP contribution >= 0.6 is 0 Å². The summed E-state index contributed by atoms with van der Waals surface area (Å²) in [6.07, 6.45) is 4.81. The van der Waals surface area contributed by atoms with Crippen LogP contribution in [0.4, 0.5) is 0 Å². The van der Waals surface area contributed by atoms with Crippen molar-refractivity contribution >= 4 is 22.8 Å². The Morgan fingerprint density at radius 1 is 1.16 bits per heavy atom. The average Bonchev–Trinajstić information content (AvgIpc) is 2.61. The van der Waals surface area contributed by atoms with E-state index in [1.54, 1.807) is 28.8 Å². The van der Waals surface area contributed by atoms with Crippen molar-refractivity contribution in [1.29, 1.82) is 0 Å². The maximum Gasteiger partial charge on any atom is 0.322 e. The standard InChI is InChI=1S/C18H20N2O5/c21-14(22)10-19-17(24)15-16(23)12-8-4-5-9-13(12)20(18(15)25)11-6-2-1-3-7-11/h4-5,8-9,11,23H,1-3,6-7,10H2,(H,19,24)(H,21,22). The molecule has 1 aromatic heterocycles.